The van der Waals surface area contributed by atoms with Crippen molar-refractivity contribution in [2.45, 2.75) is 44.2 Å². The van der Waals surface area contributed by atoms with Crippen LogP contribution in [0.2, 0.25) is 0 Å². The maximum Gasteiger partial charge on any atom is 0.417 e. The second-order valence-electron chi connectivity index (χ2n) is 7.29. The van der Waals surface area contributed by atoms with Crippen molar-refractivity contribution in [2.75, 3.05) is 13.2 Å². The number of benzene rings is 1. The van der Waals surface area contributed by atoms with Gasteiger partial charge in [0, 0.05) is 0 Å². The summed E-state index contributed by atoms with van der Waals surface area (Å²) in [6.45, 7) is 2.75. The van der Waals surface area contributed by atoms with E-state index in [-0.39, 0.29) is 24.2 Å². The zero-order valence-electron chi connectivity index (χ0n) is 13.3. The van der Waals surface area contributed by atoms with Crippen molar-refractivity contribution in [3.63, 3.8) is 0 Å². The third-order valence-electron chi connectivity index (χ3n) is 5.49. The van der Waals surface area contributed by atoms with Gasteiger partial charge < -0.3 is 9.47 Å². The zero-order valence-corrected chi connectivity index (χ0v) is 13.3. The predicted octanol–water partition coefficient (Wildman–Crippen LogP) is 2.54. The Balaban J connectivity index is 1.56. The monoisotopic (exact) mass is 315 g/mol. The van der Waals surface area contributed by atoms with Crippen LogP contribution in [0.25, 0.3) is 0 Å². The van der Waals surface area contributed by atoms with Gasteiger partial charge in [-0.1, -0.05) is 30.3 Å². The molecule has 0 spiro atoms. The maximum atomic E-state index is 13.1. The van der Waals surface area contributed by atoms with Crippen LogP contribution in [-0.4, -0.2) is 41.8 Å². The number of rotatable bonds is 3. The summed E-state index contributed by atoms with van der Waals surface area (Å²) in [6, 6.07) is 9.68. The summed E-state index contributed by atoms with van der Waals surface area (Å²) in [4.78, 5) is 26.6. The van der Waals surface area contributed by atoms with Gasteiger partial charge in [-0.3, -0.25) is 4.79 Å². The van der Waals surface area contributed by atoms with Crippen molar-refractivity contribution in [1.29, 1.82) is 0 Å². The van der Waals surface area contributed by atoms with Crippen LogP contribution >= 0.6 is 0 Å². The average molecular weight is 315 g/mol. The van der Waals surface area contributed by atoms with Gasteiger partial charge in [-0.05, 0) is 38.2 Å². The number of hydrogen-bond donors (Lipinski definition) is 0. The molecule has 4 rings (SSSR count). The first-order chi connectivity index (χ1) is 11.0. The van der Waals surface area contributed by atoms with Crippen molar-refractivity contribution >= 4 is 12.0 Å². The zero-order chi connectivity index (χ0) is 16.1. The normalized spacial score (nSPS) is 35.6. The van der Waals surface area contributed by atoms with Crippen LogP contribution in [0.15, 0.2) is 30.3 Å². The fourth-order valence-electron chi connectivity index (χ4n) is 4.20. The summed E-state index contributed by atoms with van der Waals surface area (Å²) in [6.07, 6.45) is 2.51. The van der Waals surface area contributed by atoms with Crippen LogP contribution in [0.1, 0.15) is 31.7 Å². The van der Waals surface area contributed by atoms with E-state index < -0.39 is 11.5 Å². The highest BCUT2D eigenvalue weighted by Crippen LogP contribution is 2.54. The highest BCUT2D eigenvalue weighted by atomic mass is 16.6. The molecular formula is C18H21NO4. The molecule has 2 saturated heterocycles. The van der Waals surface area contributed by atoms with Gasteiger partial charge in [0.2, 0.25) is 5.91 Å². The minimum atomic E-state index is -0.535. The molecule has 2 bridgehead atoms. The minimum absolute atomic E-state index is 0.109. The van der Waals surface area contributed by atoms with E-state index >= 15 is 0 Å². The average Bonchev–Trinajstić information content (AvgIpc) is 3.19. The third kappa shape index (κ3) is 2.34. The van der Waals surface area contributed by atoms with Crippen LogP contribution in [0.5, 0.6) is 0 Å². The maximum absolute atomic E-state index is 13.1. The van der Waals surface area contributed by atoms with Gasteiger partial charge in [-0.25, -0.2) is 9.69 Å². The van der Waals surface area contributed by atoms with E-state index in [1.807, 2.05) is 30.3 Å². The van der Waals surface area contributed by atoms with Crippen molar-refractivity contribution in [2.24, 2.45) is 5.41 Å². The van der Waals surface area contributed by atoms with Crippen molar-refractivity contribution in [3.05, 3.63) is 35.9 Å². The van der Waals surface area contributed by atoms with E-state index in [0.29, 0.717) is 19.4 Å². The summed E-state index contributed by atoms with van der Waals surface area (Å²) in [7, 11) is 0. The van der Waals surface area contributed by atoms with Crippen molar-refractivity contribution in [1.82, 2.24) is 4.90 Å². The van der Waals surface area contributed by atoms with Gasteiger partial charge in [0.1, 0.15) is 6.61 Å². The Morgan fingerprint density at radius 1 is 1.30 bits per heavy atom. The summed E-state index contributed by atoms with van der Waals surface area (Å²) in [5.41, 5.74) is 0.367. The summed E-state index contributed by atoms with van der Waals surface area (Å²) < 4.78 is 11.0. The minimum Gasteiger partial charge on any atom is -0.447 e. The highest BCUT2D eigenvalue weighted by Gasteiger charge is 2.60. The largest absolute Gasteiger partial charge is 0.447 e. The Morgan fingerprint density at radius 3 is 2.70 bits per heavy atom. The summed E-state index contributed by atoms with van der Waals surface area (Å²) in [5, 5.41) is 0. The van der Waals surface area contributed by atoms with Gasteiger partial charge in [0.25, 0.3) is 0 Å². The van der Waals surface area contributed by atoms with E-state index in [9.17, 15) is 9.59 Å². The van der Waals surface area contributed by atoms with Crippen LogP contribution < -0.4 is 0 Å². The molecule has 2 heterocycles. The topological polar surface area (TPSA) is 55.8 Å². The molecule has 0 N–H and O–H groups in total. The Hall–Kier alpha value is -1.88. The molecule has 1 aromatic carbocycles. The van der Waals surface area contributed by atoms with E-state index in [1.165, 1.54) is 4.90 Å². The molecule has 5 nitrogen and oxygen atoms in total. The SMILES string of the molecule is C[C@@]12CC[C@@](C(=O)N3C(=O)OC[C@@H]3Cc3ccccc3)(CO1)C2. The third-order valence-corrected chi connectivity index (χ3v) is 5.49. The Bertz CT molecular complexity index is 634. The van der Waals surface area contributed by atoms with E-state index in [2.05, 4.69) is 6.92 Å². The fourth-order valence-corrected chi connectivity index (χ4v) is 4.20. The Morgan fingerprint density at radius 2 is 2.09 bits per heavy atom. The second-order valence-corrected chi connectivity index (χ2v) is 7.29. The molecule has 3 atom stereocenters. The molecule has 1 saturated carbocycles. The van der Waals surface area contributed by atoms with Gasteiger partial charge in [0.05, 0.1) is 23.7 Å². The molecular weight excluding hydrogens is 294 g/mol. The summed E-state index contributed by atoms with van der Waals surface area (Å²) in [5.74, 6) is -0.109. The fraction of sp³-hybridized carbons (Fsp3) is 0.556. The lowest BCUT2D eigenvalue weighted by Crippen LogP contribution is -2.48. The molecule has 1 aromatic rings. The number of cyclic esters (lactones) is 1. The first-order valence-electron chi connectivity index (χ1n) is 8.20. The smallest absolute Gasteiger partial charge is 0.417 e. The van der Waals surface area contributed by atoms with Crippen LogP contribution in [0.3, 0.4) is 0 Å². The molecule has 1 aliphatic carbocycles. The van der Waals surface area contributed by atoms with E-state index in [0.717, 1.165) is 18.4 Å². The number of hydrogen-bond acceptors (Lipinski definition) is 4. The van der Waals surface area contributed by atoms with Gasteiger partial charge >= 0.3 is 6.09 Å². The standard InChI is InChI=1S/C18H21NO4/c1-17-7-8-18(11-17,12-23-17)15(20)19-14(10-22-16(19)21)9-13-5-3-2-4-6-13/h2-6,14H,7-12H2,1H3/t14-,17-,18-/m0/s1. The Kier molecular flexibility index (Phi) is 3.23. The van der Waals surface area contributed by atoms with Gasteiger partial charge in [-0.2, -0.15) is 0 Å². The molecule has 3 aliphatic rings. The molecule has 2 aliphatic heterocycles. The molecule has 2 amide bonds. The first kappa shape index (κ1) is 14.7. The lowest BCUT2D eigenvalue weighted by Gasteiger charge is -2.30. The number of carbonyl (C=O) groups is 2. The van der Waals surface area contributed by atoms with Gasteiger partial charge in [-0.15, -0.1) is 0 Å². The lowest BCUT2D eigenvalue weighted by atomic mass is 9.85. The van der Waals surface area contributed by atoms with Crippen LogP contribution in [0, 0.1) is 5.41 Å². The quantitative estimate of drug-likeness (QED) is 0.860. The molecule has 0 unspecified atom stereocenters. The number of imide groups is 1. The molecule has 23 heavy (non-hydrogen) atoms. The predicted molar refractivity (Wildman–Crippen MR) is 82.8 cm³/mol. The van der Waals surface area contributed by atoms with E-state index in [1.54, 1.807) is 0 Å². The molecule has 122 valence electrons. The lowest BCUT2D eigenvalue weighted by molar-refractivity contribution is -0.141. The number of carbonyl (C=O) groups excluding carboxylic acids is 2. The summed E-state index contributed by atoms with van der Waals surface area (Å²) >= 11 is 0. The number of amides is 2. The first-order valence-corrected chi connectivity index (χ1v) is 8.20. The number of ether oxygens (including phenoxy) is 2. The van der Waals surface area contributed by atoms with E-state index in [4.69, 9.17) is 9.47 Å². The number of nitrogens with zero attached hydrogens (tertiary/aromatic N) is 1. The van der Waals surface area contributed by atoms with Gasteiger partial charge in [0.15, 0.2) is 0 Å². The van der Waals surface area contributed by atoms with Crippen molar-refractivity contribution < 1.29 is 19.1 Å². The molecule has 3 fully saturated rings. The molecule has 0 radical (unpaired) electrons. The Labute approximate surface area is 135 Å². The van der Waals surface area contributed by atoms with Crippen molar-refractivity contribution in [3.8, 4) is 0 Å². The second kappa shape index (κ2) is 5.06. The molecule has 5 heteroatoms. The highest BCUT2D eigenvalue weighted by molar-refractivity contribution is 5.97. The van der Waals surface area contributed by atoms with Crippen LogP contribution in [-0.2, 0) is 20.7 Å². The van der Waals surface area contributed by atoms with Crippen LogP contribution in [0.4, 0.5) is 4.79 Å². The number of fused-ring (bicyclic) bond motifs is 2. The molecule has 0 aromatic heterocycles.